The van der Waals surface area contributed by atoms with E-state index in [1.165, 1.54) is 11.3 Å². The van der Waals surface area contributed by atoms with Gasteiger partial charge in [-0.15, -0.1) is 11.3 Å². The van der Waals surface area contributed by atoms with E-state index in [9.17, 15) is 4.79 Å². The molecule has 1 aromatic heterocycles. The van der Waals surface area contributed by atoms with Crippen LogP contribution < -0.4 is 5.32 Å². The first kappa shape index (κ1) is 10.6. The summed E-state index contributed by atoms with van der Waals surface area (Å²) in [6, 6.07) is 0.260. The Kier molecular flexibility index (Phi) is 3.33. The number of amides is 1. The molecule has 0 bridgehead atoms. The van der Waals surface area contributed by atoms with Crippen LogP contribution in [0.4, 0.5) is 0 Å². The topological polar surface area (TPSA) is 51.2 Å². The van der Waals surface area contributed by atoms with Crippen LogP contribution in [-0.4, -0.2) is 29.6 Å². The lowest BCUT2D eigenvalue weighted by Gasteiger charge is -2.35. The van der Waals surface area contributed by atoms with Gasteiger partial charge in [-0.1, -0.05) is 0 Å². The quantitative estimate of drug-likeness (QED) is 0.845. The predicted octanol–water partition coefficient (Wildman–Crippen LogP) is 1.44. The molecule has 1 amide bonds. The fourth-order valence-corrected chi connectivity index (χ4v) is 2.17. The average molecular weight is 226 g/mol. The maximum Gasteiger partial charge on any atom is 0.270 e. The number of hydrogen-bond donors (Lipinski definition) is 1. The van der Waals surface area contributed by atoms with Gasteiger partial charge in [-0.2, -0.15) is 0 Å². The Morgan fingerprint density at radius 2 is 2.53 bits per heavy atom. The monoisotopic (exact) mass is 226 g/mol. The zero-order chi connectivity index (χ0) is 10.7. The largest absolute Gasteiger partial charge is 0.378 e. The van der Waals surface area contributed by atoms with Crippen LogP contribution in [0.3, 0.4) is 0 Å². The third-order valence-electron chi connectivity index (χ3n) is 2.50. The first-order valence-electron chi connectivity index (χ1n) is 5.10. The van der Waals surface area contributed by atoms with Crippen molar-refractivity contribution >= 4 is 17.2 Å². The van der Waals surface area contributed by atoms with Crippen LogP contribution in [0.2, 0.25) is 0 Å². The lowest BCUT2D eigenvalue weighted by atomic mass is 9.89. The van der Waals surface area contributed by atoms with E-state index in [1.807, 2.05) is 6.92 Å². The van der Waals surface area contributed by atoms with Gasteiger partial charge in [0.05, 0.1) is 11.6 Å². The first-order chi connectivity index (χ1) is 7.29. The molecule has 0 atom stereocenters. The summed E-state index contributed by atoms with van der Waals surface area (Å²) < 4.78 is 5.42. The fourth-order valence-electron chi connectivity index (χ4n) is 1.64. The van der Waals surface area contributed by atoms with E-state index < -0.39 is 0 Å². The molecule has 0 unspecified atom stereocenters. The summed E-state index contributed by atoms with van der Waals surface area (Å²) in [6.07, 6.45) is 2.17. The highest BCUT2D eigenvalue weighted by molar-refractivity contribution is 7.07. The number of ether oxygens (including phenoxy) is 1. The standard InChI is InChI=1S/C10H14N2O2S/c1-2-14-8-3-7(4-8)12-10(13)9-5-15-6-11-9/h5-8H,2-4H2,1H3,(H,12,13). The molecule has 1 heterocycles. The number of carbonyl (C=O) groups excluding carboxylic acids is 1. The van der Waals surface area contributed by atoms with Gasteiger partial charge in [-0.3, -0.25) is 4.79 Å². The normalized spacial score (nSPS) is 24.6. The smallest absolute Gasteiger partial charge is 0.270 e. The molecule has 15 heavy (non-hydrogen) atoms. The molecule has 1 N–H and O–H groups in total. The van der Waals surface area contributed by atoms with Gasteiger partial charge in [0.2, 0.25) is 0 Å². The van der Waals surface area contributed by atoms with Gasteiger partial charge in [-0.05, 0) is 19.8 Å². The summed E-state index contributed by atoms with van der Waals surface area (Å²) in [5.74, 6) is -0.0730. The Balaban J connectivity index is 1.74. The van der Waals surface area contributed by atoms with E-state index >= 15 is 0 Å². The molecule has 1 saturated carbocycles. The Morgan fingerprint density at radius 3 is 3.13 bits per heavy atom. The molecule has 2 rings (SSSR count). The molecule has 5 heteroatoms. The van der Waals surface area contributed by atoms with Gasteiger partial charge in [0, 0.05) is 18.0 Å². The molecule has 0 aromatic carbocycles. The summed E-state index contributed by atoms with van der Waals surface area (Å²) in [5.41, 5.74) is 2.18. The molecule has 0 spiro atoms. The van der Waals surface area contributed by atoms with Gasteiger partial charge in [0.15, 0.2) is 0 Å². The summed E-state index contributed by atoms with van der Waals surface area (Å²) in [6.45, 7) is 2.73. The van der Waals surface area contributed by atoms with E-state index in [4.69, 9.17) is 4.74 Å². The number of thiazole rings is 1. The second-order valence-corrected chi connectivity index (χ2v) is 4.31. The number of aromatic nitrogens is 1. The van der Waals surface area contributed by atoms with Gasteiger partial charge in [-0.25, -0.2) is 4.98 Å². The molecule has 4 nitrogen and oxygen atoms in total. The second kappa shape index (κ2) is 4.72. The molecule has 1 fully saturated rings. The molecule has 0 saturated heterocycles. The van der Waals surface area contributed by atoms with Crippen molar-refractivity contribution in [2.24, 2.45) is 0 Å². The lowest BCUT2D eigenvalue weighted by molar-refractivity contribution is -0.00866. The Morgan fingerprint density at radius 1 is 1.73 bits per heavy atom. The Hall–Kier alpha value is -0.940. The number of nitrogens with one attached hydrogen (secondary N) is 1. The molecule has 1 aliphatic carbocycles. The van der Waals surface area contributed by atoms with Crippen molar-refractivity contribution in [3.8, 4) is 0 Å². The minimum absolute atomic E-state index is 0.0730. The van der Waals surface area contributed by atoms with Crippen molar-refractivity contribution in [2.75, 3.05) is 6.61 Å². The molecule has 0 aliphatic heterocycles. The van der Waals surface area contributed by atoms with Crippen molar-refractivity contribution in [2.45, 2.75) is 31.9 Å². The van der Waals surface area contributed by atoms with E-state index in [1.54, 1.807) is 10.9 Å². The van der Waals surface area contributed by atoms with Crippen molar-refractivity contribution in [1.29, 1.82) is 0 Å². The van der Waals surface area contributed by atoms with Crippen molar-refractivity contribution in [3.63, 3.8) is 0 Å². The fraction of sp³-hybridized carbons (Fsp3) is 0.600. The third kappa shape index (κ3) is 2.54. The van der Waals surface area contributed by atoms with Gasteiger partial charge >= 0.3 is 0 Å². The van der Waals surface area contributed by atoms with Crippen molar-refractivity contribution in [3.05, 3.63) is 16.6 Å². The zero-order valence-electron chi connectivity index (χ0n) is 8.60. The van der Waals surface area contributed by atoms with Crippen LogP contribution in [0.25, 0.3) is 0 Å². The van der Waals surface area contributed by atoms with E-state index in [-0.39, 0.29) is 11.9 Å². The molecule has 82 valence electrons. The molecule has 1 aliphatic rings. The summed E-state index contributed by atoms with van der Waals surface area (Å²) in [7, 11) is 0. The average Bonchev–Trinajstić information content (AvgIpc) is 2.67. The van der Waals surface area contributed by atoms with Crippen molar-refractivity contribution in [1.82, 2.24) is 10.3 Å². The Labute approximate surface area is 92.7 Å². The molecule has 1 aromatic rings. The van der Waals surface area contributed by atoms with Gasteiger partial charge in [0.25, 0.3) is 5.91 Å². The molecule has 0 radical (unpaired) electrons. The van der Waals surface area contributed by atoms with Crippen LogP contribution in [0.5, 0.6) is 0 Å². The number of carbonyl (C=O) groups is 1. The lowest BCUT2D eigenvalue weighted by Crippen LogP contribution is -2.47. The van der Waals surface area contributed by atoms with Crippen molar-refractivity contribution < 1.29 is 9.53 Å². The number of rotatable bonds is 4. The number of hydrogen-bond acceptors (Lipinski definition) is 4. The SMILES string of the molecule is CCOC1CC(NC(=O)c2cscn2)C1. The zero-order valence-corrected chi connectivity index (χ0v) is 9.42. The van der Waals surface area contributed by atoms with E-state index in [0.717, 1.165) is 19.4 Å². The third-order valence-corrected chi connectivity index (χ3v) is 3.08. The van der Waals surface area contributed by atoms with Crippen LogP contribution >= 0.6 is 11.3 Å². The van der Waals surface area contributed by atoms with Crippen LogP contribution in [0.1, 0.15) is 30.3 Å². The van der Waals surface area contributed by atoms with Gasteiger partial charge in [0.1, 0.15) is 5.69 Å². The maximum atomic E-state index is 11.6. The van der Waals surface area contributed by atoms with Crippen LogP contribution in [0, 0.1) is 0 Å². The molecular weight excluding hydrogens is 212 g/mol. The predicted molar refractivity (Wildman–Crippen MR) is 58.0 cm³/mol. The minimum Gasteiger partial charge on any atom is -0.378 e. The maximum absolute atomic E-state index is 11.6. The second-order valence-electron chi connectivity index (χ2n) is 3.59. The summed E-state index contributed by atoms with van der Waals surface area (Å²) >= 11 is 1.43. The van der Waals surface area contributed by atoms with E-state index in [2.05, 4.69) is 10.3 Å². The number of nitrogens with zero attached hydrogens (tertiary/aromatic N) is 1. The first-order valence-corrected chi connectivity index (χ1v) is 6.04. The highest BCUT2D eigenvalue weighted by Crippen LogP contribution is 2.23. The minimum atomic E-state index is -0.0730. The van der Waals surface area contributed by atoms with E-state index in [0.29, 0.717) is 11.8 Å². The van der Waals surface area contributed by atoms with Gasteiger partial charge < -0.3 is 10.1 Å². The summed E-state index contributed by atoms with van der Waals surface area (Å²) in [5, 5.41) is 4.69. The highest BCUT2D eigenvalue weighted by atomic mass is 32.1. The highest BCUT2D eigenvalue weighted by Gasteiger charge is 2.31. The molecular formula is C10H14N2O2S. The van der Waals surface area contributed by atoms with Crippen LogP contribution in [-0.2, 0) is 4.74 Å². The summed E-state index contributed by atoms with van der Waals surface area (Å²) in [4.78, 5) is 15.5. The van der Waals surface area contributed by atoms with Crippen LogP contribution in [0.15, 0.2) is 10.9 Å². The Bertz CT molecular complexity index is 320.